The molecule has 6 heteroatoms. The van der Waals surface area contributed by atoms with Crippen LogP contribution in [0.2, 0.25) is 0 Å². The molecule has 0 radical (unpaired) electrons. The Labute approximate surface area is 132 Å². The minimum atomic E-state index is -0.199. The van der Waals surface area contributed by atoms with E-state index in [-0.39, 0.29) is 12.1 Å². The Morgan fingerprint density at radius 1 is 1.27 bits per heavy atom. The van der Waals surface area contributed by atoms with Crippen LogP contribution in [0.5, 0.6) is 0 Å². The summed E-state index contributed by atoms with van der Waals surface area (Å²) in [4.78, 5) is 15.7. The molecule has 22 heavy (non-hydrogen) atoms. The van der Waals surface area contributed by atoms with Gasteiger partial charge in [-0.15, -0.1) is 6.58 Å². The molecule has 1 rings (SSSR count). The smallest absolute Gasteiger partial charge is 0.319 e. The summed E-state index contributed by atoms with van der Waals surface area (Å²) in [5.74, 6) is 0.721. The van der Waals surface area contributed by atoms with Crippen molar-refractivity contribution in [1.82, 2.24) is 16.0 Å². The number of amides is 2. The van der Waals surface area contributed by atoms with Crippen LogP contribution in [0.3, 0.4) is 0 Å². The van der Waals surface area contributed by atoms with E-state index in [1.165, 1.54) is 0 Å². The highest BCUT2D eigenvalue weighted by Crippen LogP contribution is 2.09. The zero-order valence-corrected chi connectivity index (χ0v) is 13.4. The van der Waals surface area contributed by atoms with Gasteiger partial charge in [0.25, 0.3) is 0 Å². The van der Waals surface area contributed by atoms with Gasteiger partial charge in [0.05, 0.1) is 0 Å². The number of anilines is 1. The molecule has 1 aromatic rings. The summed E-state index contributed by atoms with van der Waals surface area (Å²) in [6.45, 7) is 8.80. The Morgan fingerprint density at radius 3 is 2.50 bits per heavy atom. The molecule has 4 N–H and O–H groups in total. The molecule has 0 spiro atoms. The highest BCUT2D eigenvalue weighted by Gasteiger charge is 2.03. The average molecular weight is 303 g/mol. The normalized spacial score (nSPS) is 11.0. The summed E-state index contributed by atoms with van der Waals surface area (Å²) in [7, 11) is 1.72. The number of carbonyl (C=O) groups excluding carboxylic acids is 1. The molecule has 120 valence electrons. The number of rotatable bonds is 6. The molecule has 0 saturated carbocycles. The van der Waals surface area contributed by atoms with Gasteiger partial charge < -0.3 is 21.3 Å². The molecule has 0 aliphatic carbocycles. The Hall–Kier alpha value is -2.50. The van der Waals surface area contributed by atoms with Gasteiger partial charge in [-0.05, 0) is 31.5 Å². The van der Waals surface area contributed by atoms with Gasteiger partial charge in [0.2, 0.25) is 0 Å². The number of guanidine groups is 1. The molecule has 2 amide bonds. The maximum atomic E-state index is 11.6. The van der Waals surface area contributed by atoms with Gasteiger partial charge in [0.1, 0.15) is 0 Å². The van der Waals surface area contributed by atoms with Crippen LogP contribution in [-0.4, -0.2) is 31.6 Å². The minimum Gasteiger partial charge on any atom is -0.353 e. The van der Waals surface area contributed by atoms with Gasteiger partial charge in [0.15, 0.2) is 5.96 Å². The standard InChI is InChI=1S/C16H25N5O/c1-5-10-18-15(17-4)19-11-13-6-8-14(9-7-13)21-16(22)20-12(2)3/h5-9,12H,1,10-11H2,2-4H3,(H2,17,18,19)(H2,20,21,22). The molecule has 0 aliphatic rings. The van der Waals surface area contributed by atoms with Crippen LogP contribution in [0.1, 0.15) is 19.4 Å². The molecule has 0 atom stereocenters. The van der Waals surface area contributed by atoms with Crippen LogP contribution in [0.4, 0.5) is 10.5 Å². The van der Waals surface area contributed by atoms with Crippen molar-refractivity contribution >= 4 is 17.7 Å². The predicted molar refractivity (Wildman–Crippen MR) is 92.1 cm³/mol. The molecule has 0 aromatic heterocycles. The van der Waals surface area contributed by atoms with Crippen molar-refractivity contribution in [3.05, 3.63) is 42.5 Å². The Balaban J connectivity index is 2.47. The number of nitrogens with zero attached hydrogens (tertiary/aromatic N) is 1. The van der Waals surface area contributed by atoms with Crippen molar-refractivity contribution in [3.8, 4) is 0 Å². The van der Waals surface area contributed by atoms with Crippen LogP contribution in [0.25, 0.3) is 0 Å². The fourth-order valence-electron chi connectivity index (χ4n) is 1.71. The van der Waals surface area contributed by atoms with E-state index in [2.05, 4.69) is 32.8 Å². The second-order valence-electron chi connectivity index (χ2n) is 5.05. The maximum Gasteiger partial charge on any atom is 0.319 e. The lowest BCUT2D eigenvalue weighted by Crippen LogP contribution is -2.36. The van der Waals surface area contributed by atoms with Crippen molar-refractivity contribution < 1.29 is 4.79 Å². The predicted octanol–water partition coefficient (Wildman–Crippen LogP) is 2.07. The monoisotopic (exact) mass is 303 g/mol. The number of hydrogen-bond donors (Lipinski definition) is 4. The van der Waals surface area contributed by atoms with E-state index in [4.69, 9.17) is 0 Å². The average Bonchev–Trinajstić information content (AvgIpc) is 2.48. The summed E-state index contributed by atoms with van der Waals surface area (Å²) in [5, 5.41) is 11.9. The van der Waals surface area contributed by atoms with Crippen molar-refractivity contribution in [1.29, 1.82) is 0 Å². The molecule has 0 saturated heterocycles. The summed E-state index contributed by atoms with van der Waals surface area (Å²) in [6.07, 6.45) is 1.77. The second-order valence-corrected chi connectivity index (χ2v) is 5.05. The molecule has 0 aliphatic heterocycles. The number of aliphatic imine (C=N–C) groups is 1. The third-order valence-electron chi connectivity index (χ3n) is 2.73. The zero-order valence-electron chi connectivity index (χ0n) is 13.4. The number of nitrogens with one attached hydrogen (secondary N) is 4. The van der Waals surface area contributed by atoms with Crippen molar-refractivity contribution in [2.24, 2.45) is 4.99 Å². The summed E-state index contributed by atoms with van der Waals surface area (Å²) in [6, 6.07) is 7.57. The van der Waals surface area contributed by atoms with Crippen LogP contribution in [-0.2, 0) is 6.54 Å². The lowest BCUT2D eigenvalue weighted by molar-refractivity contribution is 0.250. The number of benzene rings is 1. The lowest BCUT2D eigenvalue weighted by Gasteiger charge is -2.12. The van der Waals surface area contributed by atoms with Gasteiger partial charge in [-0.3, -0.25) is 4.99 Å². The molecule has 1 aromatic carbocycles. The van der Waals surface area contributed by atoms with Gasteiger partial charge >= 0.3 is 6.03 Å². The number of hydrogen-bond acceptors (Lipinski definition) is 2. The molecular weight excluding hydrogens is 278 g/mol. The van der Waals surface area contributed by atoms with E-state index in [0.29, 0.717) is 13.1 Å². The van der Waals surface area contributed by atoms with E-state index in [9.17, 15) is 4.79 Å². The minimum absolute atomic E-state index is 0.110. The zero-order chi connectivity index (χ0) is 16.4. The van der Waals surface area contributed by atoms with Crippen LogP contribution >= 0.6 is 0 Å². The fourth-order valence-corrected chi connectivity index (χ4v) is 1.71. The summed E-state index contributed by atoms with van der Waals surface area (Å²) in [5.41, 5.74) is 1.85. The largest absolute Gasteiger partial charge is 0.353 e. The van der Waals surface area contributed by atoms with E-state index in [1.807, 2.05) is 38.1 Å². The Kier molecular flexibility index (Phi) is 7.53. The Morgan fingerprint density at radius 2 is 1.95 bits per heavy atom. The van der Waals surface area contributed by atoms with Crippen LogP contribution < -0.4 is 21.3 Å². The first-order valence-corrected chi connectivity index (χ1v) is 7.27. The van der Waals surface area contributed by atoms with Crippen LogP contribution in [0.15, 0.2) is 41.9 Å². The maximum absolute atomic E-state index is 11.6. The van der Waals surface area contributed by atoms with E-state index in [1.54, 1.807) is 13.1 Å². The molecule has 0 fully saturated rings. The second kappa shape index (κ2) is 9.44. The van der Waals surface area contributed by atoms with E-state index >= 15 is 0 Å². The molecule has 0 unspecified atom stereocenters. The van der Waals surface area contributed by atoms with Gasteiger partial charge in [0, 0.05) is 31.9 Å². The highest BCUT2D eigenvalue weighted by atomic mass is 16.2. The number of urea groups is 1. The van der Waals surface area contributed by atoms with Gasteiger partial charge in [-0.25, -0.2) is 4.79 Å². The quantitative estimate of drug-likeness (QED) is 0.369. The molecule has 6 nitrogen and oxygen atoms in total. The molecule has 0 bridgehead atoms. The Bertz CT molecular complexity index is 508. The van der Waals surface area contributed by atoms with E-state index < -0.39 is 0 Å². The SMILES string of the molecule is C=CCNC(=NC)NCc1ccc(NC(=O)NC(C)C)cc1. The first kappa shape index (κ1) is 17.6. The van der Waals surface area contributed by atoms with Crippen LogP contribution in [0, 0.1) is 0 Å². The van der Waals surface area contributed by atoms with Gasteiger partial charge in [-0.1, -0.05) is 18.2 Å². The lowest BCUT2D eigenvalue weighted by atomic mass is 10.2. The molecule has 0 heterocycles. The van der Waals surface area contributed by atoms with Crippen molar-refractivity contribution in [2.75, 3.05) is 18.9 Å². The third-order valence-corrected chi connectivity index (χ3v) is 2.73. The first-order valence-electron chi connectivity index (χ1n) is 7.27. The first-order chi connectivity index (χ1) is 10.5. The van der Waals surface area contributed by atoms with Gasteiger partial charge in [-0.2, -0.15) is 0 Å². The topological polar surface area (TPSA) is 77.6 Å². The third kappa shape index (κ3) is 6.78. The van der Waals surface area contributed by atoms with Crippen molar-refractivity contribution in [3.63, 3.8) is 0 Å². The summed E-state index contributed by atoms with van der Waals surface area (Å²) >= 11 is 0. The highest BCUT2D eigenvalue weighted by molar-refractivity contribution is 5.89. The number of carbonyl (C=O) groups is 1. The van der Waals surface area contributed by atoms with E-state index in [0.717, 1.165) is 17.2 Å². The molecular formula is C16H25N5O. The van der Waals surface area contributed by atoms with Crippen molar-refractivity contribution in [2.45, 2.75) is 26.4 Å². The summed E-state index contributed by atoms with van der Waals surface area (Å²) < 4.78 is 0. The fraction of sp³-hybridized carbons (Fsp3) is 0.375.